The highest BCUT2D eigenvalue weighted by Crippen LogP contribution is 2.42. The number of halogens is 1. The smallest absolute Gasteiger partial charge is 0.410 e. The number of anilines is 2. The number of carbonyl (C=O) groups excluding carboxylic acids is 2. The number of rotatable bonds is 7. The lowest BCUT2D eigenvalue weighted by Gasteiger charge is -2.44. The molecule has 0 aromatic heterocycles. The molecule has 2 heterocycles. The van der Waals surface area contributed by atoms with Gasteiger partial charge in [0.05, 0.1) is 7.11 Å². The van der Waals surface area contributed by atoms with Gasteiger partial charge in [-0.3, -0.25) is 4.79 Å². The predicted molar refractivity (Wildman–Crippen MR) is 157 cm³/mol. The molecule has 2 bridgehead atoms. The second-order valence-electron chi connectivity index (χ2n) is 11.8. The van der Waals surface area contributed by atoms with Gasteiger partial charge in [0.2, 0.25) is 0 Å². The summed E-state index contributed by atoms with van der Waals surface area (Å²) < 4.78 is 24.9. The summed E-state index contributed by atoms with van der Waals surface area (Å²) in [5.74, 6) is 0.173. The van der Waals surface area contributed by atoms with Crippen LogP contribution >= 0.6 is 0 Å². The number of amides is 2. The predicted octanol–water partition coefficient (Wildman–Crippen LogP) is 6.83. The van der Waals surface area contributed by atoms with E-state index in [2.05, 4.69) is 10.2 Å². The van der Waals surface area contributed by atoms with Gasteiger partial charge in [0, 0.05) is 47.7 Å². The molecule has 3 aromatic carbocycles. The van der Waals surface area contributed by atoms with Crippen molar-refractivity contribution in [1.82, 2.24) is 10.2 Å². The van der Waals surface area contributed by atoms with Crippen molar-refractivity contribution in [3.8, 4) is 5.75 Å². The zero-order valence-corrected chi connectivity index (χ0v) is 24.1. The van der Waals surface area contributed by atoms with Gasteiger partial charge in [0.25, 0.3) is 5.91 Å². The summed E-state index contributed by atoms with van der Waals surface area (Å²) in [6.07, 6.45) is 3.20. The monoisotopic (exact) mass is 559 g/mol. The lowest BCUT2D eigenvalue weighted by molar-refractivity contribution is 0.00616. The largest absolute Gasteiger partial charge is 0.497 e. The number of hydrogen-bond donors (Lipinski definition) is 1. The van der Waals surface area contributed by atoms with E-state index in [0.717, 1.165) is 42.8 Å². The molecule has 2 saturated heterocycles. The van der Waals surface area contributed by atoms with Crippen LogP contribution in [-0.4, -0.2) is 47.7 Å². The Morgan fingerprint density at radius 2 is 1.61 bits per heavy atom. The fourth-order valence-electron chi connectivity index (χ4n) is 6.03. The molecular weight excluding hydrogens is 521 g/mol. The number of benzene rings is 3. The first-order valence-electron chi connectivity index (χ1n) is 14.2. The molecule has 0 spiro atoms. The van der Waals surface area contributed by atoms with Crippen LogP contribution in [0, 0.1) is 5.82 Å². The van der Waals surface area contributed by atoms with Crippen molar-refractivity contribution in [2.24, 2.45) is 0 Å². The first-order valence-corrected chi connectivity index (χ1v) is 14.2. The lowest BCUT2D eigenvalue weighted by Crippen LogP contribution is -2.52. The van der Waals surface area contributed by atoms with Gasteiger partial charge in [-0.15, -0.1) is 0 Å². The van der Waals surface area contributed by atoms with Crippen LogP contribution in [0.25, 0.3) is 0 Å². The van der Waals surface area contributed by atoms with Crippen LogP contribution in [0.5, 0.6) is 5.75 Å². The number of hydrogen-bond acceptors (Lipinski definition) is 5. The van der Waals surface area contributed by atoms with Gasteiger partial charge < -0.3 is 24.6 Å². The summed E-state index contributed by atoms with van der Waals surface area (Å²) in [4.78, 5) is 30.4. The van der Waals surface area contributed by atoms with Crippen molar-refractivity contribution in [2.75, 3.05) is 12.0 Å². The Morgan fingerprint density at radius 3 is 2.27 bits per heavy atom. The fraction of sp³-hybridized carbons (Fsp3) is 0.394. The standard InChI is InChI=1S/C33H38FN3O4/c1-33(2,3)41-32(39)37-27-14-15-28(37)19-29(18-27)36(26-12-7-13-30(20-26)40-4)25-11-6-9-23(17-25)31(38)35-21-22-8-5-10-24(34)16-22/h5-13,16-17,20,27-29H,14-15,18-19,21H2,1-4H3,(H,35,38). The topological polar surface area (TPSA) is 71.1 Å². The third-order valence-corrected chi connectivity index (χ3v) is 7.74. The number of carbonyl (C=O) groups is 2. The molecule has 2 fully saturated rings. The van der Waals surface area contributed by atoms with Gasteiger partial charge >= 0.3 is 6.09 Å². The van der Waals surface area contributed by atoms with Crippen LogP contribution in [0.3, 0.4) is 0 Å². The maximum Gasteiger partial charge on any atom is 0.410 e. The molecule has 7 nitrogen and oxygen atoms in total. The van der Waals surface area contributed by atoms with Gasteiger partial charge in [-0.2, -0.15) is 0 Å². The Hall–Kier alpha value is -4.07. The van der Waals surface area contributed by atoms with Crippen LogP contribution in [0.4, 0.5) is 20.6 Å². The van der Waals surface area contributed by atoms with Gasteiger partial charge in [-0.25, -0.2) is 9.18 Å². The van der Waals surface area contributed by atoms with E-state index < -0.39 is 5.60 Å². The first kappa shape index (κ1) is 28.5. The summed E-state index contributed by atoms with van der Waals surface area (Å²) in [6.45, 7) is 5.91. The molecule has 0 aliphatic carbocycles. The maximum atomic E-state index is 13.6. The Morgan fingerprint density at radius 1 is 0.951 bits per heavy atom. The van der Waals surface area contributed by atoms with E-state index in [1.165, 1.54) is 12.1 Å². The van der Waals surface area contributed by atoms with Gasteiger partial charge in [0.1, 0.15) is 17.2 Å². The quantitative estimate of drug-likeness (QED) is 0.344. The van der Waals surface area contributed by atoms with Crippen molar-refractivity contribution >= 4 is 23.4 Å². The number of fused-ring (bicyclic) bond motifs is 2. The van der Waals surface area contributed by atoms with Crippen molar-refractivity contribution < 1.29 is 23.5 Å². The minimum Gasteiger partial charge on any atom is -0.497 e. The number of ether oxygens (including phenoxy) is 2. The normalized spacial score (nSPS) is 19.9. The fourth-order valence-corrected chi connectivity index (χ4v) is 6.03. The van der Waals surface area contributed by atoms with Crippen molar-refractivity contribution in [3.63, 3.8) is 0 Å². The summed E-state index contributed by atoms with van der Waals surface area (Å²) >= 11 is 0. The Kier molecular flexibility index (Phi) is 8.20. The van der Waals surface area contributed by atoms with E-state index in [4.69, 9.17) is 9.47 Å². The molecule has 0 radical (unpaired) electrons. The average Bonchev–Trinajstić information content (AvgIpc) is 3.21. The molecule has 216 valence electrons. The Bertz CT molecular complexity index is 1390. The summed E-state index contributed by atoms with van der Waals surface area (Å²) in [6, 6.07) is 21.9. The Labute approximate surface area is 241 Å². The summed E-state index contributed by atoms with van der Waals surface area (Å²) in [7, 11) is 1.65. The van der Waals surface area contributed by atoms with Crippen LogP contribution in [0.1, 0.15) is 62.4 Å². The zero-order valence-electron chi connectivity index (χ0n) is 24.1. The van der Waals surface area contributed by atoms with Crippen LogP contribution in [-0.2, 0) is 11.3 Å². The maximum absolute atomic E-state index is 13.6. The second kappa shape index (κ2) is 11.8. The van der Waals surface area contributed by atoms with Crippen LogP contribution < -0.4 is 15.0 Å². The lowest BCUT2D eigenvalue weighted by atomic mass is 9.94. The average molecular weight is 560 g/mol. The SMILES string of the molecule is COc1cccc(N(c2cccc(C(=O)NCc3cccc(F)c3)c2)C2CC3CCC(C2)N3C(=O)OC(C)(C)C)c1. The molecule has 0 saturated carbocycles. The highest BCUT2D eigenvalue weighted by molar-refractivity contribution is 5.95. The van der Waals surface area contributed by atoms with Crippen molar-refractivity contribution in [2.45, 2.75) is 76.7 Å². The number of methoxy groups -OCH3 is 1. The molecule has 2 aliphatic heterocycles. The third kappa shape index (κ3) is 6.64. The minimum atomic E-state index is -0.546. The zero-order chi connectivity index (χ0) is 29.1. The van der Waals surface area contributed by atoms with E-state index >= 15 is 0 Å². The van der Waals surface area contributed by atoms with E-state index in [-0.39, 0.29) is 42.5 Å². The van der Waals surface area contributed by atoms with Crippen molar-refractivity contribution in [1.29, 1.82) is 0 Å². The summed E-state index contributed by atoms with van der Waals surface area (Å²) in [5, 5.41) is 2.90. The molecule has 2 unspecified atom stereocenters. The first-order chi connectivity index (χ1) is 19.6. The highest BCUT2D eigenvalue weighted by Gasteiger charge is 2.46. The number of nitrogens with zero attached hydrogens (tertiary/aromatic N) is 2. The highest BCUT2D eigenvalue weighted by atomic mass is 19.1. The summed E-state index contributed by atoms with van der Waals surface area (Å²) in [5.41, 5.74) is 2.50. The number of nitrogens with one attached hydrogen (secondary N) is 1. The van der Waals surface area contributed by atoms with Gasteiger partial charge in [0.15, 0.2) is 0 Å². The van der Waals surface area contributed by atoms with Gasteiger partial charge in [-0.1, -0.05) is 24.3 Å². The van der Waals surface area contributed by atoms with E-state index in [0.29, 0.717) is 11.1 Å². The van der Waals surface area contributed by atoms with E-state index in [9.17, 15) is 14.0 Å². The molecule has 2 aliphatic rings. The molecule has 2 amide bonds. The molecule has 41 heavy (non-hydrogen) atoms. The van der Waals surface area contributed by atoms with Crippen LogP contribution in [0.15, 0.2) is 72.8 Å². The van der Waals surface area contributed by atoms with Crippen LogP contribution in [0.2, 0.25) is 0 Å². The third-order valence-electron chi connectivity index (χ3n) is 7.74. The molecule has 2 atom stereocenters. The minimum absolute atomic E-state index is 0.0828. The molecule has 5 rings (SSSR count). The number of piperidine rings is 1. The molecular formula is C33H38FN3O4. The molecule has 1 N–H and O–H groups in total. The van der Waals surface area contributed by atoms with Gasteiger partial charge in [-0.05, 0) is 94.5 Å². The molecule has 3 aromatic rings. The van der Waals surface area contributed by atoms with E-state index in [1.807, 2.05) is 68.1 Å². The second-order valence-corrected chi connectivity index (χ2v) is 11.8. The molecule has 8 heteroatoms. The van der Waals surface area contributed by atoms with E-state index in [1.54, 1.807) is 25.3 Å². The van der Waals surface area contributed by atoms with Crippen molar-refractivity contribution in [3.05, 3.63) is 89.7 Å². The Balaban J connectivity index is 1.41.